The molecule has 0 saturated carbocycles. The van der Waals surface area contributed by atoms with Gasteiger partial charge in [0.05, 0.1) is 12.6 Å². The second-order valence-electron chi connectivity index (χ2n) is 6.96. The van der Waals surface area contributed by atoms with Gasteiger partial charge in [0.1, 0.15) is 0 Å². The van der Waals surface area contributed by atoms with E-state index in [1.807, 2.05) is 6.07 Å². The van der Waals surface area contributed by atoms with Gasteiger partial charge < -0.3 is 15.0 Å². The molecule has 3 rings (SSSR count). The van der Waals surface area contributed by atoms with Crippen molar-refractivity contribution in [2.75, 3.05) is 21.2 Å². The Kier molecular flexibility index (Phi) is 5.86. The van der Waals surface area contributed by atoms with Crippen LogP contribution in [0, 0.1) is 6.92 Å². The number of ether oxygens (including phenoxy) is 1. The van der Waals surface area contributed by atoms with Crippen LogP contribution >= 0.6 is 0 Å². The van der Waals surface area contributed by atoms with Crippen LogP contribution < -0.4 is 10.1 Å². The fourth-order valence-electron chi connectivity index (χ4n) is 3.18. The zero-order valence-electron chi connectivity index (χ0n) is 16.0. The first-order chi connectivity index (χ1) is 12.6. The molecular weight excluding hydrogens is 322 g/mol. The molecule has 4 nitrogen and oxygen atoms in total. The van der Waals surface area contributed by atoms with E-state index in [9.17, 15) is 0 Å². The quantitative estimate of drug-likeness (QED) is 0.702. The predicted molar refractivity (Wildman–Crippen MR) is 107 cm³/mol. The van der Waals surface area contributed by atoms with Gasteiger partial charge in [0.2, 0.25) is 5.88 Å². The fraction of sp³-hybridized carbons (Fsp3) is 0.318. The number of aromatic nitrogens is 1. The molecule has 0 saturated heterocycles. The second-order valence-corrected chi connectivity index (χ2v) is 6.96. The number of nitrogens with one attached hydrogen (secondary N) is 1. The lowest BCUT2D eigenvalue weighted by Crippen LogP contribution is -2.17. The van der Waals surface area contributed by atoms with Crippen molar-refractivity contribution in [1.82, 2.24) is 15.2 Å². The molecule has 0 aliphatic carbocycles. The van der Waals surface area contributed by atoms with E-state index < -0.39 is 0 Å². The van der Waals surface area contributed by atoms with Gasteiger partial charge in [-0.2, -0.15) is 0 Å². The lowest BCUT2D eigenvalue weighted by Gasteiger charge is -2.15. The van der Waals surface area contributed by atoms with Gasteiger partial charge in [-0.05, 0) is 50.3 Å². The van der Waals surface area contributed by atoms with Crippen molar-refractivity contribution in [2.24, 2.45) is 0 Å². The minimum Gasteiger partial charge on any atom is -0.481 e. The number of hydrogen-bond donors (Lipinski definition) is 1. The summed E-state index contributed by atoms with van der Waals surface area (Å²) in [6.07, 6.45) is 0. The van der Waals surface area contributed by atoms with E-state index in [2.05, 4.69) is 78.7 Å². The van der Waals surface area contributed by atoms with Gasteiger partial charge in [0.15, 0.2) is 0 Å². The molecule has 0 amide bonds. The summed E-state index contributed by atoms with van der Waals surface area (Å²) in [5.74, 6) is 0.690. The van der Waals surface area contributed by atoms with E-state index in [1.54, 1.807) is 7.11 Å². The van der Waals surface area contributed by atoms with E-state index in [0.717, 1.165) is 36.1 Å². The van der Waals surface area contributed by atoms with E-state index in [-0.39, 0.29) is 0 Å². The van der Waals surface area contributed by atoms with Crippen LogP contribution in [0.4, 0.5) is 0 Å². The van der Waals surface area contributed by atoms with Crippen molar-refractivity contribution in [2.45, 2.75) is 26.6 Å². The van der Waals surface area contributed by atoms with Gasteiger partial charge in [-0.3, -0.25) is 0 Å². The van der Waals surface area contributed by atoms with Crippen LogP contribution in [-0.2, 0) is 19.6 Å². The van der Waals surface area contributed by atoms with Crippen LogP contribution in [0.15, 0.2) is 48.5 Å². The highest BCUT2D eigenvalue weighted by atomic mass is 16.5. The monoisotopic (exact) mass is 349 g/mol. The van der Waals surface area contributed by atoms with E-state index in [1.165, 1.54) is 16.7 Å². The van der Waals surface area contributed by atoms with Crippen LogP contribution in [0.1, 0.15) is 22.3 Å². The van der Waals surface area contributed by atoms with E-state index in [0.29, 0.717) is 5.88 Å². The number of methoxy groups -OCH3 is 1. The van der Waals surface area contributed by atoms with Crippen molar-refractivity contribution in [3.05, 3.63) is 70.8 Å². The summed E-state index contributed by atoms with van der Waals surface area (Å²) in [6, 6.07) is 17.0. The molecule has 136 valence electrons. The number of fused-ring (bicyclic) bond motifs is 1. The lowest BCUT2D eigenvalue weighted by atomic mass is 10.1. The van der Waals surface area contributed by atoms with E-state index in [4.69, 9.17) is 4.74 Å². The molecule has 0 fully saturated rings. The maximum absolute atomic E-state index is 5.51. The molecule has 0 bridgehead atoms. The maximum atomic E-state index is 5.51. The van der Waals surface area contributed by atoms with Crippen molar-refractivity contribution in [1.29, 1.82) is 0 Å². The zero-order valence-corrected chi connectivity index (χ0v) is 16.0. The minimum absolute atomic E-state index is 0.690. The van der Waals surface area contributed by atoms with Gasteiger partial charge in [-0.1, -0.05) is 35.9 Å². The third-order valence-electron chi connectivity index (χ3n) is 4.44. The molecule has 1 N–H and O–H groups in total. The number of aryl methyl sites for hydroxylation is 1. The Morgan fingerprint density at radius 1 is 0.962 bits per heavy atom. The number of benzene rings is 2. The molecule has 0 aliphatic rings. The Morgan fingerprint density at radius 3 is 2.42 bits per heavy atom. The molecule has 0 spiro atoms. The van der Waals surface area contributed by atoms with Crippen LogP contribution in [0.2, 0.25) is 0 Å². The molecule has 0 radical (unpaired) electrons. The largest absolute Gasteiger partial charge is 0.481 e. The summed E-state index contributed by atoms with van der Waals surface area (Å²) in [5.41, 5.74) is 5.96. The summed E-state index contributed by atoms with van der Waals surface area (Å²) in [5, 5.41) is 4.70. The first-order valence-electron chi connectivity index (χ1n) is 8.93. The van der Waals surface area contributed by atoms with Crippen molar-refractivity contribution in [3.8, 4) is 5.88 Å². The second kappa shape index (κ2) is 8.30. The van der Waals surface area contributed by atoms with Gasteiger partial charge in [-0.15, -0.1) is 0 Å². The topological polar surface area (TPSA) is 37.4 Å². The van der Waals surface area contributed by atoms with E-state index >= 15 is 0 Å². The molecule has 4 heteroatoms. The summed E-state index contributed by atoms with van der Waals surface area (Å²) in [6.45, 7) is 4.58. The van der Waals surface area contributed by atoms with Gasteiger partial charge in [0, 0.05) is 30.6 Å². The first-order valence-corrected chi connectivity index (χ1v) is 8.93. The van der Waals surface area contributed by atoms with Crippen LogP contribution in [-0.4, -0.2) is 31.1 Å². The fourth-order valence-corrected chi connectivity index (χ4v) is 3.18. The zero-order chi connectivity index (χ0) is 18.5. The minimum atomic E-state index is 0.690. The summed E-state index contributed by atoms with van der Waals surface area (Å²) >= 11 is 0. The Morgan fingerprint density at radius 2 is 1.69 bits per heavy atom. The van der Waals surface area contributed by atoms with Crippen LogP contribution in [0.25, 0.3) is 10.9 Å². The molecule has 0 atom stereocenters. The smallest absolute Gasteiger partial charge is 0.218 e. The molecule has 26 heavy (non-hydrogen) atoms. The van der Waals surface area contributed by atoms with Crippen LogP contribution in [0.3, 0.4) is 0 Å². The summed E-state index contributed by atoms with van der Waals surface area (Å²) in [7, 11) is 5.87. The average Bonchev–Trinajstić information content (AvgIpc) is 2.62. The van der Waals surface area contributed by atoms with Crippen molar-refractivity contribution in [3.63, 3.8) is 0 Å². The number of pyridine rings is 1. The maximum Gasteiger partial charge on any atom is 0.218 e. The molecule has 0 unspecified atom stereocenters. The molecule has 1 aromatic heterocycles. The molecule has 2 aromatic carbocycles. The standard InChI is InChI=1S/C22H27N3O/c1-16-9-10-21-19(11-16)12-20(22(24-21)26-4)14-23-13-17-7-5-6-8-18(17)15-25(2)3/h5-12,23H,13-15H2,1-4H3. The summed E-state index contributed by atoms with van der Waals surface area (Å²) < 4.78 is 5.51. The molecule has 0 aliphatic heterocycles. The number of nitrogens with zero attached hydrogens (tertiary/aromatic N) is 2. The Labute approximate surface area is 155 Å². The van der Waals surface area contributed by atoms with Gasteiger partial charge in [0.25, 0.3) is 0 Å². The van der Waals surface area contributed by atoms with Gasteiger partial charge >= 0.3 is 0 Å². The summed E-state index contributed by atoms with van der Waals surface area (Å²) in [4.78, 5) is 6.84. The SMILES string of the molecule is COc1nc2ccc(C)cc2cc1CNCc1ccccc1CN(C)C. The normalized spacial score (nSPS) is 11.3. The van der Waals surface area contributed by atoms with Crippen molar-refractivity contribution < 1.29 is 4.74 Å². The lowest BCUT2D eigenvalue weighted by molar-refractivity contribution is 0.392. The predicted octanol–water partition coefficient (Wildman–Crippen LogP) is 3.90. The number of hydrogen-bond acceptors (Lipinski definition) is 4. The Balaban J connectivity index is 1.76. The highest BCUT2D eigenvalue weighted by Crippen LogP contribution is 2.23. The molecular formula is C22H27N3O. The number of rotatable bonds is 7. The Hall–Kier alpha value is -2.43. The molecule has 1 heterocycles. The van der Waals surface area contributed by atoms with Crippen molar-refractivity contribution >= 4 is 10.9 Å². The third kappa shape index (κ3) is 4.40. The van der Waals surface area contributed by atoms with Crippen LogP contribution in [0.5, 0.6) is 5.88 Å². The highest BCUT2D eigenvalue weighted by Gasteiger charge is 2.09. The molecule has 3 aromatic rings. The van der Waals surface area contributed by atoms with Gasteiger partial charge in [-0.25, -0.2) is 4.98 Å². The third-order valence-corrected chi connectivity index (χ3v) is 4.44. The highest BCUT2D eigenvalue weighted by molar-refractivity contribution is 5.80. The Bertz CT molecular complexity index is 890. The first kappa shape index (κ1) is 18.4. The average molecular weight is 349 g/mol.